The molecule has 3 aromatic rings. The molecule has 0 aliphatic heterocycles. The molecule has 0 aliphatic rings. The van der Waals surface area contributed by atoms with E-state index < -0.39 is 0 Å². The molecule has 0 saturated heterocycles. The zero-order valence-electron chi connectivity index (χ0n) is 18.8. The number of amides is 3. The van der Waals surface area contributed by atoms with Crippen LogP contribution in [0.25, 0.3) is 0 Å². The molecular weight excluding hydrogens is 416 g/mol. The second-order valence-corrected chi connectivity index (χ2v) is 7.31. The number of rotatable bonds is 9. The van der Waals surface area contributed by atoms with Gasteiger partial charge >= 0.3 is 0 Å². The van der Waals surface area contributed by atoms with Gasteiger partial charge in [-0.2, -0.15) is 0 Å². The summed E-state index contributed by atoms with van der Waals surface area (Å²) in [6.07, 6.45) is 0. The van der Waals surface area contributed by atoms with E-state index in [9.17, 15) is 14.4 Å². The summed E-state index contributed by atoms with van der Waals surface area (Å²) >= 11 is 0. The Morgan fingerprint density at radius 2 is 1.45 bits per heavy atom. The lowest BCUT2D eigenvalue weighted by Crippen LogP contribution is -2.30. The maximum absolute atomic E-state index is 13.0. The van der Waals surface area contributed by atoms with E-state index in [1.807, 2.05) is 44.2 Å². The van der Waals surface area contributed by atoms with Crippen LogP contribution in [0, 0.1) is 0 Å². The third kappa shape index (κ3) is 6.43. The molecule has 3 rings (SSSR count). The summed E-state index contributed by atoms with van der Waals surface area (Å²) in [7, 11) is 0. The number of benzene rings is 3. The van der Waals surface area contributed by atoms with Crippen molar-refractivity contribution in [3.63, 3.8) is 0 Å². The van der Waals surface area contributed by atoms with Crippen LogP contribution in [-0.2, 0) is 4.79 Å². The van der Waals surface area contributed by atoms with Gasteiger partial charge in [-0.25, -0.2) is 0 Å². The topological polar surface area (TPSA) is 90.5 Å². The molecule has 0 aliphatic carbocycles. The van der Waals surface area contributed by atoms with Crippen molar-refractivity contribution in [3.8, 4) is 0 Å². The van der Waals surface area contributed by atoms with Gasteiger partial charge in [0.05, 0.1) is 6.54 Å². The van der Waals surface area contributed by atoms with Gasteiger partial charge in [0, 0.05) is 41.3 Å². The summed E-state index contributed by atoms with van der Waals surface area (Å²) < 4.78 is 0. The molecule has 0 spiro atoms. The van der Waals surface area contributed by atoms with Crippen LogP contribution < -0.4 is 20.9 Å². The quantitative estimate of drug-likeness (QED) is 0.462. The Balaban J connectivity index is 1.62. The molecule has 170 valence electrons. The number of hydrogen-bond donors (Lipinski definition) is 3. The van der Waals surface area contributed by atoms with Crippen LogP contribution in [0.1, 0.15) is 34.6 Å². The van der Waals surface area contributed by atoms with Crippen LogP contribution in [-0.4, -0.2) is 37.4 Å². The maximum atomic E-state index is 13.0. The molecule has 0 bridgehead atoms. The molecule has 0 aromatic heterocycles. The molecule has 7 nitrogen and oxygen atoms in total. The third-order valence-corrected chi connectivity index (χ3v) is 4.94. The lowest BCUT2D eigenvalue weighted by molar-refractivity contribution is -0.114. The molecule has 33 heavy (non-hydrogen) atoms. The largest absolute Gasteiger partial charge is 0.376 e. The fourth-order valence-electron chi connectivity index (χ4n) is 3.36. The molecule has 0 radical (unpaired) electrons. The van der Waals surface area contributed by atoms with Crippen molar-refractivity contribution < 1.29 is 14.4 Å². The first-order valence-corrected chi connectivity index (χ1v) is 10.9. The first kappa shape index (κ1) is 23.5. The molecule has 0 fully saturated rings. The predicted octanol–water partition coefficient (Wildman–Crippen LogP) is 4.15. The van der Waals surface area contributed by atoms with Crippen molar-refractivity contribution in [1.29, 1.82) is 0 Å². The molecule has 0 unspecified atom stereocenters. The van der Waals surface area contributed by atoms with Gasteiger partial charge < -0.3 is 20.9 Å². The van der Waals surface area contributed by atoms with Gasteiger partial charge in [-0.15, -0.1) is 0 Å². The molecule has 3 amide bonds. The highest BCUT2D eigenvalue weighted by Crippen LogP contribution is 2.19. The van der Waals surface area contributed by atoms with E-state index in [0.29, 0.717) is 35.6 Å². The minimum atomic E-state index is -0.265. The molecular formula is C26H28N4O3. The second-order valence-electron chi connectivity index (χ2n) is 7.31. The summed E-state index contributed by atoms with van der Waals surface area (Å²) in [5.74, 6) is -0.567. The van der Waals surface area contributed by atoms with Crippen LogP contribution in [0.5, 0.6) is 0 Å². The molecule has 0 heterocycles. The first-order chi connectivity index (χ1) is 16.0. The van der Waals surface area contributed by atoms with Crippen LogP contribution in [0.2, 0.25) is 0 Å². The predicted molar refractivity (Wildman–Crippen MR) is 132 cm³/mol. The SMILES string of the molecule is CCNC(=O)c1cccc(NC(=O)CNc2cccc(C(=O)N(CC)c3ccccc3)c2)c1. The van der Waals surface area contributed by atoms with E-state index in [0.717, 1.165) is 5.69 Å². The van der Waals surface area contributed by atoms with Gasteiger partial charge in [0.25, 0.3) is 11.8 Å². The molecule has 3 N–H and O–H groups in total. The smallest absolute Gasteiger partial charge is 0.258 e. The van der Waals surface area contributed by atoms with E-state index >= 15 is 0 Å². The van der Waals surface area contributed by atoms with Crippen molar-refractivity contribution in [2.45, 2.75) is 13.8 Å². The summed E-state index contributed by atoms with van der Waals surface area (Å²) in [5, 5.41) is 8.56. The van der Waals surface area contributed by atoms with Crippen LogP contribution >= 0.6 is 0 Å². The van der Waals surface area contributed by atoms with Crippen LogP contribution in [0.3, 0.4) is 0 Å². The zero-order chi connectivity index (χ0) is 23.6. The Hall–Kier alpha value is -4.13. The lowest BCUT2D eigenvalue weighted by Gasteiger charge is -2.21. The van der Waals surface area contributed by atoms with Gasteiger partial charge in [-0.05, 0) is 62.4 Å². The number of para-hydroxylation sites is 1. The van der Waals surface area contributed by atoms with Gasteiger partial charge in [0.1, 0.15) is 0 Å². The van der Waals surface area contributed by atoms with Gasteiger partial charge in [0.15, 0.2) is 0 Å². The van der Waals surface area contributed by atoms with Gasteiger partial charge in [-0.1, -0.05) is 30.3 Å². The molecule has 7 heteroatoms. The zero-order valence-corrected chi connectivity index (χ0v) is 18.8. The standard InChI is InChI=1S/C26H28N4O3/c1-3-27-25(32)19-10-8-13-22(16-19)29-24(31)18-28-21-12-9-11-20(17-21)26(33)30(4-2)23-14-6-5-7-15-23/h5-17,28H,3-4,18H2,1-2H3,(H,27,32)(H,29,31). The minimum absolute atomic E-state index is 0.0131. The van der Waals surface area contributed by atoms with Crippen LogP contribution in [0.15, 0.2) is 78.9 Å². The highest BCUT2D eigenvalue weighted by atomic mass is 16.2. The fourth-order valence-corrected chi connectivity index (χ4v) is 3.36. The van der Waals surface area contributed by atoms with Crippen molar-refractivity contribution in [1.82, 2.24) is 5.32 Å². The number of carbonyl (C=O) groups is 3. The lowest BCUT2D eigenvalue weighted by atomic mass is 10.1. The van der Waals surface area contributed by atoms with Crippen molar-refractivity contribution in [2.75, 3.05) is 35.2 Å². The molecule has 3 aromatic carbocycles. The van der Waals surface area contributed by atoms with Crippen LogP contribution in [0.4, 0.5) is 17.1 Å². The minimum Gasteiger partial charge on any atom is -0.376 e. The third-order valence-electron chi connectivity index (χ3n) is 4.94. The Labute approximate surface area is 193 Å². The highest BCUT2D eigenvalue weighted by Gasteiger charge is 2.16. The Kier molecular flexibility index (Phi) is 8.18. The van der Waals surface area contributed by atoms with Crippen molar-refractivity contribution >= 4 is 34.8 Å². The second kappa shape index (κ2) is 11.5. The van der Waals surface area contributed by atoms with Gasteiger partial charge in [-0.3, -0.25) is 14.4 Å². The van der Waals surface area contributed by atoms with Crippen molar-refractivity contribution in [3.05, 3.63) is 90.0 Å². The number of carbonyl (C=O) groups excluding carboxylic acids is 3. The van der Waals surface area contributed by atoms with Gasteiger partial charge in [0.2, 0.25) is 5.91 Å². The first-order valence-electron chi connectivity index (χ1n) is 10.9. The van der Waals surface area contributed by atoms with E-state index in [4.69, 9.17) is 0 Å². The van der Waals surface area contributed by atoms with Crippen molar-refractivity contribution in [2.24, 2.45) is 0 Å². The number of anilines is 3. The average molecular weight is 445 g/mol. The highest BCUT2D eigenvalue weighted by molar-refractivity contribution is 6.06. The molecule has 0 saturated carbocycles. The molecule has 0 atom stereocenters. The van der Waals surface area contributed by atoms with E-state index in [-0.39, 0.29) is 24.3 Å². The normalized spacial score (nSPS) is 10.2. The Morgan fingerprint density at radius 3 is 2.15 bits per heavy atom. The van der Waals surface area contributed by atoms with E-state index in [2.05, 4.69) is 16.0 Å². The number of nitrogens with zero attached hydrogens (tertiary/aromatic N) is 1. The van der Waals surface area contributed by atoms with E-state index in [1.165, 1.54) is 0 Å². The summed E-state index contributed by atoms with van der Waals surface area (Å²) in [4.78, 5) is 39.1. The average Bonchev–Trinajstić information content (AvgIpc) is 2.84. The Morgan fingerprint density at radius 1 is 0.788 bits per heavy atom. The maximum Gasteiger partial charge on any atom is 0.258 e. The number of hydrogen-bond acceptors (Lipinski definition) is 4. The van der Waals surface area contributed by atoms with E-state index in [1.54, 1.807) is 53.4 Å². The Bertz CT molecular complexity index is 1120. The monoisotopic (exact) mass is 444 g/mol. The fraction of sp³-hybridized carbons (Fsp3) is 0.192. The summed E-state index contributed by atoms with van der Waals surface area (Å²) in [6, 6.07) is 23.3. The summed E-state index contributed by atoms with van der Waals surface area (Å²) in [6.45, 7) is 4.86. The number of nitrogens with one attached hydrogen (secondary N) is 3. The summed E-state index contributed by atoms with van der Waals surface area (Å²) in [5.41, 5.74) is 3.04.